The molecule has 100 valence electrons. The van der Waals surface area contributed by atoms with Gasteiger partial charge in [-0.1, -0.05) is 24.6 Å². The average Bonchev–Trinajstić information content (AvgIpc) is 2.78. The van der Waals surface area contributed by atoms with Crippen LogP contribution >= 0.6 is 11.6 Å². The Kier molecular flexibility index (Phi) is 5.04. The van der Waals surface area contributed by atoms with E-state index < -0.39 is 0 Å². The largest absolute Gasteiger partial charge is 0.373 e. The molecule has 0 aliphatic carbocycles. The Labute approximate surface area is 115 Å². The molecule has 1 aliphatic heterocycles. The van der Waals surface area contributed by atoms with Crippen molar-refractivity contribution in [2.24, 2.45) is 5.92 Å². The van der Waals surface area contributed by atoms with Crippen LogP contribution < -0.4 is 5.32 Å². The quantitative estimate of drug-likeness (QED) is 0.821. The summed E-state index contributed by atoms with van der Waals surface area (Å²) < 4.78 is 5.92. The van der Waals surface area contributed by atoms with Crippen molar-refractivity contribution in [1.29, 1.82) is 0 Å². The molecule has 1 fully saturated rings. The predicted molar refractivity (Wildman–Crippen MR) is 76.1 cm³/mol. The number of hydrogen-bond donors (Lipinski definition) is 1. The van der Waals surface area contributed by atoms with Crippen LogP contribution in [0.3, 0.4) is 0 Å². The summed E-state index contributed by atoms with van der Waals surface area (Å²) in [5, 5.41) is 4.30. The monoisotopic (exact) mass is 267 g/mol. The highest BCUT2D eigenvalue weighted by Crippen LogP contribution is 2.36. The fourth-order valence-corrected chi connectivity index (χ4v) is 2.84. The highest BCUT2D eigenvalue weighted by Gasteiger charge is 2.30. The molecule has 0 saturated carbocycles. The smallest absolute Gasteiger partial charge is 0.0868 e. The Morgan fingerprint density at radius 1 is 1.44 bits per heavy atom. The van der Waals surface area contributed by atoms with Crippen LogP contribution in [0, 0.1) is 12.8 Å². The second-order valence-electron chi connectivity index (χ2n) is 5.05. The van der Waals surface area contributed by atoms with E-state index in [2.05, 4.69) is 25.2 Å². The van der Waals surface area contributed by atoms with Crippen molar-refractivity contribution < 1.29 is 4.74 Å². The van der Waals surface area contributed by atoms with E-state index in [9.17, 15) is 0 Å². The Morgan fingerprint density at radius 2 is 2.28 bits per heavy atom. The lowest BCUT2D eigenvalue weighted by atomic mass is 9.92. The first-order chi connectivity index (χ1) is 8.72. The summed E-state index contributed by atoms with van der Waals surface area (Å²) in [5.41, 5.74) is 2.52. The van der Waals surface area contributed by atoms with Gasteiger partial charge in [-0.3, -0.25) is 0 Å². The maximum Gasteiger partial charge on any atom is 0.0868 e. The number of hydrogen-bond acceptors (Lipinski definition) is 2. The molecule has 1 saturated heterocycles. The van der Waals surface area contributed by atoms with Crippen molar-refractivity contribution in [3.8, 4) is 0 Å². The van der Waals surface area contributed by atoms with Crippen molar-refractivity contribution in [3.63, 3.8) is 0 Å². The van der Waals surface area contributed by atoms with E-state index in [0.717, 1.165) is 31.1 Å². The van der Waals surface area contributed by atoms with Gasteiger partial charge in [-0.15, -0.1) is 0 Å². The van der Waals surface area contributed by atoms with Crippen LogP contribution in [0.5, 0.6) is 0 Å². The average molecular weight is 268 g/mol. The van der Waals surface area contributed by atoms with Gasteiger partial charge in [-0.05, 0) is 49.6 Å². The molecule has 0 spiro atoms. The summed E-state index contributed by atoms with van der Waals surface area (Å²) in [4.78, 5) is 0. The van der Waals surface area contributed by atoms with Gasteiger partial charge in [0.15, 0.2) is 0 Å². The number of halogens is 1. The van der Waals surface area contributed by atoms with Crippen LogP contribution in [-0.2, 0) is 4.74 Å². The number of ether oxygens (including phenoxy) is 1. The molecule has 0 radical (unpaired) electrons. The van der Waals surface area contributed by atoms with Crippen molar-refractivity contribution in [3.05, 3.63) is 34.3 Å². The minimum Gasteiger partial charge on any atom is -0.373 e. The minimum absolute atomic E-state index is 0.228. The first kappa shape index (κ1) is 13.9. The van der Waals surface area contributed by atoms with Gasteiger partial charge in [0.05, 0.1) is 6.10 Å². The van der Waals surface area contributed by atoms with Crippen LogP contribution in [0.25, 0.3) is 0 Å². The van der Waals surface area contributed by atoms with E-state index in [1.807, 2.05) is 12.1 Å². The maximum absolute atomic E-state index is 6.01. The number of benzene rings is 1. The normalized spacial score (nSPS) is 23.5. The SMILES string of the molecule is CCCNCC1CCOC1c1ccc(Cl)cc1C. The zero-order valence-electron chi connectivity index (χ0n) is 11.2. The van der Waals surface area contributed by atoms with E-state index in [4.69, 9.17) is 16.3 Å². The van der Waals surface area contributed by atoms with Crippen LogP contribution in [0.15, 0.2) is 18.2 Å². The first-order valence-corrected chi connectivity index (χ1v) is 7.18. The third-order valence-electron chi connectivity index (χ3n) is 3.59. The van der Waals surface area contributed by atoms with E-state index in [0.29, 0.717) is 5.92 Å². The topological polar surface area (TPSA) is 21.3 Å². The molecule has 2 rings (SSSR count). The van der Waals surface area contributed by atoms with Crippen LogP contribution in [0.1, 0.15) is 37.0 Å². The van der Waals surface area contributed by atoms with Gasteiger partial charge in [-0.2, -0.15) is 0 Å². The molecule has 1 aromatic carbocycles. The summed E-state index contributed by atoms with van der Waals surface area (Å²) in [6, 6.07) is 6.09. The summed E-state index contributed by atoms with van der Waals surface area (Å²) in [5.74, 6) is 0.580. The van der Waals surface area contributed by atoms with Crippen LogP contribution in [0.4, 0.5) is 0 Å². The maximum atomic E-state index is 6.01. The second kappa shape index (κ2) is 6.55. The van der Waals surface area contributed by atoms with Gasteiger partial charge in [0.25, 0.3) is 0 Å². The summed E-state index contributed by atoms with van der Waals surface area (Å²) in [7, 11) is 0. The molecule has 2 atom stereocenters. The van der Waals surface area contributed by atoms with E-state index in [1.165, 1.54) is 17.5 Å². The fourth-order valence-electron chi connectivity index (χ4n) is 2.61. The van der Waals surface area contributed by atoms with Crippen LogP contribution in [-0.4, -0.2) is 19.7 Å². The summed E-state index contributed by atoms with van der Waals surface area (Å²) in [6.45, 7) is 7.30. The summed E-state index contributed by atoms with van der Waals surface area (Å²) >= 11 is 6.01. The number of aryl methyl sites for hydroxylation is 1. The van der Waals surface area contributed by atoms with Crippen LogP contribution in [0.2, 0.25) is 5.02 Å². The Balaban J connectivity index is 2.06. The lowest BCUT2D eigenvalue weighted by Gasteiger charge is -2.21. The highest BCUT2D eigenvalue weighted by atomic mass is 35.5. The lowest BCUT2D eigenvalue weighted by Crippen LogP contribution is -2.25. The highest BCUT2D eigenvalue weighted by molar-refractivity contribution is 6.30. The lowest BCUT2D eigenvalue weighted by molar-refractivity contribution is 0.0901. The van der Waals surface area contributed by atoms with Gasteiger partial charge < -0.3 is 10.1 Å². The molecule has 18 heavy (non-hydrogen) atoms. The fraction of sp³-hybridized carbons (Fsp3) is 0.600. The van der Waals surface area contributed by atoms with Crippen molar-refractivity contribution in [2.75, 3.05) is 19.7 Å². The molecule has 0 aromatic heterocycles. The first-order valence-electron chi connectivity index (χ1n) is 6.80. The molecule has 1 N–H and O–H groups in total. The Hall–Kier alpha value is -0.570. The van der Waals surface area contributed by atoms with E-state index in [1.54, 1.807) is 0 Å². The van der Waals surface area contributed by atoms with E-state index >= 15 is 0 Å². The molecule has 2 unspecified atom stereocenters. The molecule has 2 nitrogen and oxygen atoms in total. The molecule has 0 amide bonds. The second-order valence-corrected chi connectivity index (χ2v) is 5.48. The van der Waals surface area contributed by atoms with Gasteiger partial charge in [-0.25, -0.2) is 0 Å². The third kappa shape index (κ3) is 3.25. The number of nitrogens with one attached hydrogen (secondary N) is 1. The standard InChI is InChI=1S/C15H22ClNO/c1-3-7-17-10-12-6-8-18-15(12)14-5-4-13(16)9-11(14)2/h4-5,9,12,15,17H,3,6-8,10H2,1-2H3. The molecule has 3 heteroatoms. The zero-order chi connectivity index (χ0) is 13.0. The molecule has 1 aromatic rings. The Bertz CT molecular complexity index is 394. The summed E-state index contributed by atoms with van der Waals surface area (Å²) in [6.07, 6.45) is 2.55. The molecule has 0 bridgehead atoms. The molecular weight excluding hydrogens is 246 g/mol. The zero-order valence-corrected chi connectivity index (χ0v) is 12.0. The van der Waals surface area contributed by atoms with Gasteiger partial charge in [0.1, 0.15) is 0 Å². The van der Waals surface area contributed by atoms with E-state index in [-0.39, 0.29) is 6.10 Å². The molecular formula is C15H22ClNO. The van der Waals surface area contributed by atoms with Gasteiger partial charge in [0, 0.05) is 24.1 Å². The third-order valence-corrected chi connectivity index (χ3v) is 3.82. The van der Waals surface area contributed by atoms with Gasteiger partial charge in [0.2, 0.25) is 0 Å². The van der Waals surface area contributed by atoms with Gasteiger partial charge >= 0.3 is 0 Å². The Morgan fingerprint density at radius 3 is 3.00 bits per heavy atom. The minimum atomic E-state index is 0.228. The van der Waals surface area contributed by atoms with Crippen molar-refractivity contribution in [2.45, 2.75) is 32.8 Å². The van der Waals surface area contributed by atoms with Crippen molar-refractivity contribution >= 4 is 11.6 Å². The predicted octanol–water partition coefficient (Wildman–Crippen LogP) is 3.73. The molecule has 1 heterocycles. The van der Waals surface area contributed by atoms with Crippen molar-refractivity contribution in [1.82, 2.24) is 5.32 Å². The number of rotatable bonds is 5. The molecule has 1 aliphatic rings.